The predicted octanol–water partition coefficient (Wildman–Crippen LogP) is 5.07. The molecule has 1 spiro atoms. The van der Waals surface area contributed by atoms with Crippen LogP contribution in [0.25, 0.3) is 10.9 Å². The van der Waals surface area contributed by atoms with Crippen molar-refractivity contribution in [3.63, 3.8) is 0 Å². The van der Waals surface area contributed by atoms with E-state index in [9.17, 15) is 27.6 Å². The molecule has 3 unspecified atom stereocenters. The van der Waals surface area contributed by atoms with Crippen LogP contribution in [-0.4, -0.2) is 95.6 Å². The Kier molecular flexibility index (Phi) is 11.1. The van der Waals surface area contributed by atoms with Crippen molar-refractivity contribution >= 4 is 50.5 Å². The van der Waals surface area contributed by atoms with Crippen molar-refractivity contribution in [2.45, 2.75) is 133 Å². The monoisotopic (exact) mass is 830 g/mol. The molecule has 2 aliphatic heterocycles. The van der Waals surface area contributed by atoms with Gasteiger partial charge in [0.15, 0.2) is 11.3 Å². The maximum atomic E-state index is 16.7. The van der Waals surface area contributed by atoms with Crippen LogP contribution in [0.5, 0.6) is 11.5 Å². The van der Waals surface area contributed by atoms with E-state index in [4.69, 9.17) is 19.6 Å². The number of aryl methyl sites for hydroxylation is 1. The Labute approximate surface area is 336 Å². The van der Waals surface area contributed by atoms with E-state index in [1.54, 1.807) is 39.0 Å². The van der Waals surface area contributed by atoms with Crippen molar-refractivity contribution in [3.05, 3.63) is 41.1 Å². The van der Waals surface area contributed by atoms with Gasteiger partial charge in [0.2, 0.25) is 21.8 Å². The van der Waals surface area contributed by atoms with Crippen molar-refractivity contribution in [1.29, 1.82) is 5.41 Å². The second kappa shape index (κ2) is 15.1. The molecule has 2 aromatic rings. The fourth-order valence-electron chi connectivity index (χ4n) is 7.75. The summed E-state index contributed by atoms with van der Waals surface area (Å²) in [4.78, 5) is 60.5. The number of amides is 4. The van der Waals surface area contributed by atoms with Crippen LogP contribution in [0, 0.1) is 12.3 Å². The second-order valence-electron chi connectivity index (χ2n) is 17.0. The summed E-state index contributed by atoms with van der Waals surface area (Å²) in [6, 6.07) is 3.02. The van der Waals surface area contributed by atoms with Crippen LogP contribution in [0.3, 0.4) is 0 Å². The first kappa shape index (κ1) is 42.7. The van der Waals surface area contributed by atoms with Crippen LogP contribution < -0.4 is 24.8 Å². The summed E-state index contributed by atoms with van der Waals surface area (Å²) in [7, 11) is -2.81. The number of carbonyl (C=O) groups is 4. The minimum atomic E-state index is -4.21. The highest BCUT2D eigenvalue weighted by Crippen LogP contribution is 2.54. The largest absolute Gasteiger partial charge is 0.497 e. The maximum absolute atomic E-state index is 16.7. The van der Waals surface area contributed by atoms with Crippen LogP contribution in [0.2, 0.25) is 0 Å². The third kappa shape index (κ3) is 8.08. The summed E-state index contributed by atoms with van der Waals surface area (Å²) < 4.78 is 77.7. The molecular weight excluding hydrogens is 779 g/mol. The number of alkyl halides is 2. The van der Waals surface area contributed by atoms with Gasteiger partial charge in [0, 0.05) is 17.4 Å². The Morgan fingerprint density at radius 1 is 1.14 bits per heavy atom. The van der Waals surface area contributed by atoms with E-state index in [0.29, 0.717) is 31.4 Å². The minimum absolute atomic E-state index is 0.0987. The summed E-state index contributed by atoms with van der Waals surface area (Å²) in [5.74, 6) is -6.48. The molecule has 18 heteroatoms. The van der Waals surface area contributed by atoms with Gasteiger partial charge < -0.3 is 35.2 Å². The number of hydrogen-bond acceptors (Lipinski definition) is 11. The standard InChI is InChI=1S/C40H52F2N6O9S/c1-8-9-10-11-12-13-26-32(43)40(26,34(51)47-58(53,54)37(6)16-17-37)46-33(50)28-19-38(22-48(28)29(49)20-44-35(52)57-36(3,4)5)21-39(41,42)30-25-18-24(55-7)14-15-27(25)45-23(2)31(30)56-38/h13-15,18,28,43H,8-12,16-17,19-22H2,1-7H3,(H,44,52)(H,46,50)(H,47,51). The number of benzene rings is 1. The van der Waals surface area contributed by atoms with Crippen molar-refractivity contribution < 1.29 is 50.6 Å². The van der Waals surface area contributed by atoms with E-state index in [1.165, 1.54) is 27.0 Å². The summed E-state index contributed by atoms with van der Waals surface area (Å²) in [6.45, 7) is 8.69. The highest BCUT2D eigenvalue weighted by molar-refractivity contribution is 7.91. The molecule has 3 atom stereocenters. The number of rotatable bonds is 13. The first-order valence-corrected chi connectivity index (χ1v) is 21.0. The van der Waals surface area contributed by atoms with E-state index >= 15 is 8.78 Å². The minimum Gasteiger partial charge on any atom is -0.497 e. The smallest absolute Gasteiger partial charge is 0.408 e. The van der Waals surface area contributed by atoms with Gasteiger partial charge in [-0.05, 0) is 78.5 Å². The number of nitrogens with zero attached hydrogens (tertiary/aromatic N) is 2. The topological polar surface area (TPSA) is 206 Å². The van der Waals surface area contributed by atoms with Gasteiger partial charge in [0.05, 0.1) is 47.3 Å². The molecule has 6 rings (SSSR count). The molecule has 15 nitrogen and oxygen atoms in total. The second-order valence-corrected chi connectivity index (χ2v) is 19.2. The number of hydrogen-bond donors (Lipinski definition) is 4. The van der Waals surface area contributed by atoms with Gasteiger partial charge in [-0.1, -0.05) is 32.3 Å². The molecule has 1 saturated heterocycles. The molecule has 3 heterocycles. The lowest BCUT2D eigenvalue weighted by molar-refractivity contribution is -0.139. The predicted molar refractivity (Wildman–Crippen MR) is 209 cm³/mol. The Morgan fingerprint density at radius 3 is 2.48 bits per heavy atom. The van der Waals surface area contributed by atoms with Crippen molar-refractivity contribution in [3.8, 4) is 11.5 Å². The number of fused-ring (bicyclic) bond motifs is 3. The molecule has 1 aromatic heterocycles. The Hall–Kier alpha value is -4.87. The Bertz CT molecular complexity index is 2200. The zero-order valence-corrected chi connectivity index (χ0v) is 34.7. The van der Waals surface area contributed by atoms with Crippen molar-refractivity contribution in [1.82, 2.24) is 25.2 Å². The highest BCUT2D eigenvalue weighted by atomic mass is 32.2. The lowest BCUT2D eigenvalue weighted by Crippen LogP contribution is -2.58. The van der Waals surface area contributed by atoms with E-state index in [-0.39, 0.29) is 33.6 Å². The molecule has 4 amide bonds. The number of alkyl carbamates (subject to hydrolysis) is 1. The molecule has 2 saturated carbocycles. The van der Waals surface area contributed by atoms with Gasteiger partial charge in [-0.2, -0.15) is 0 Å². The average Bonchev–Trinajstić information content (AvgIpc) is 3.97. The third-order valence-electron chi connectivity index (χ3n) is 11.2. The number of allylic oxidation sites excluding steroid dienone is 1. The van der Waals surface area contributed by atoms with Gasteiger partial charge in [0.1, 0.15) is 29.5 Å². The van der Waals surface area contributed by atoms with Gasteiger partial charge in [-0.25, -0.2) is 31.7 Å². The molecule has 3 fully saturated rings. The van der Waals surface area contributed by atoms with E-state index in [1.807, 2.05) is 6.92 Å². The molecule has 4 aliphatic rings. The zero-order valence-electron chi connectivity index (χ0n) is 33.9. The SMILES string of the molecule is CCCCCCC=C1C(=N)C1(NC(=O)C1CC2(CN1C(=O)CNC(=O)OC(C)(C)C)CC(F)(F)c1c(c(C)nc3ccc(OC)cc13)O2)C(=O)NS(=O)(=O)C1(C)CC1. The number of ether oxygens (including phenoxy) is 3. The maximum Gasteiger partial charge on any atom is 0.408 e. The zero-order chi connectivity index (χ0) is 42.6. The van der Waals surface area contributed by atoms with E-state index in [2.05, 4.69) is 20.3 Å². The molecule has 0 radical (unpaired) electrons. The van der Waals surface area contributed by atoms with E-state index in [0.717, 1.165) is 24.2 Å². The first-order valence-electron chi connectivity index (χ1n) is 19.5. The lowest BCUT2D eigenvalue weighted by atomic mass is 9.84. The molecule has 1 aromatic carbocycles. The van der Waals surface area contributed by atoms with Crippen LogP contribution in [0.4, 0.5) is 13.6 Å². The normalized spacial score (nSPS) is 24.8. The molecule has 58 heavy (non-hydrogen) atoms. The van der Waals surface area contributed by atoms with Crippen molar-refractivity contribution in [2.75, 3.05) is 20.2 Å². The number of sulfonamides is 1. The number of methoxy groups -OCH3 is 1. The number of nitrogens with one attached hydrogen (secondary N) is 4. The fraction of sp³-hybridized carbons (Fsp3) is 0.600. The van der Waals surface area contributed by atoms with Crippen LogP contribution >= 0.6 is 0 Å². The summed E-state index contributed by atoms with van der Waals surface area (Å²) in [5, 5.41) is 13.8. The van der Waals surface area contributed by atoms with Crippen LogP contribution in [0.15, 0.2) is 29.8 Å². The number of carbonyl (C=O) groups excluding carboxylic acids is 4. The summed E-state index contributed by atoms with van der Waals surface area (Å²) >= 11 is 0. The number of unbranched alkanes of at least 4 members (excludes halogenated alkanes) is 4. The van der Waals surface area contributed by atoms with Crippen LogP contribution in [0.1, 0.15) is 104 Å². The third-order valence-corrected chi connectivity index (χ3v) is 13.4. The van der Waals surface area contributed by atoms with Gasteiger partial charge in [-0.15, -0.1) is 0 Å². The fourth-order valence-corrected chi connectivity index (χ4v) is 9.03. The number of aromatic nitrogens is 1. The highest BCUT2D eigenvalue weighted by Gasteiger charge is 2.67. The molecule has 4 N–H and O–H groups in total. The first-order chi connectivity index (χ1) is 27.0. The van der Waals surface area contributed by atoms with Gasteiger partial charge >= 0.3 is 6.09 Å². The summed E-state index contributed by atoms with van der Waals surface area (Å²) in [5.41, 5.74) is -5.19. The number of halogens is 2. The van der Waals surface area contributed by atoms with E-state index < -0.39 is 98.8 Å². The molecule has 2 aliphatic carbocycles. The molecular formula is C40H52F2N6O9S. The molecule has 316 valence electrons. The quantitative estimate of drug-likeness (QED) is 0.197. The summed E-state index contributed by atoms with van der Waals surface area (Å²) in [6.07, 6.45) is 3.83. The lowest BCUT2D eigenvalue weighted by Gasteiger charge is -2.40. The molecule has 0 bridgehead atoms. The Balaban J connectivity index is 1.35. The Morgan fingerprint density at radius 2 is 1.84 bits per heavy atom. The van der Waals surface area contributed by atoms with Crippen molar-refractivity contribution in [2.24, 2.45) is 0 Å². The number of pyridine rings is 1. The van der Waals surface area contributed by atoms with Crippen LogP contribution in [-0.2, 0) is 35.1 Å². The van der Waals surface area contributed by atoms with Gasteiger partial charge in [-0.3, -0.25) is 14.4 Å². The van der Waals surface area contributed by atoms with Gasteiger partial charge in [0.25, 0.3) is 11.8 Å². The number of likely N-dealkylation sites (tertiary alicyclic amines) is 1. The average molecular weight is 831 g/mol.